The van der Waals surface area contributed by atoms with Gasteiger partial charge in [0.2, 0.25) is 0 Å². The van der Waals surface area contributed by atoms with Gasteiger partial charge in [0, 0.05) is 38.5 Å². The number of unbranched alkanes of at least 4 members (excludes halogenated alkanes) is 54. The Labute approximate surface area is 506 Å². The molecule has 0 aromatic heterocycles. The maximum absolute atomic E-state index is 8.33. The van der Waals surface area contributed by atoms with Crippen molar-refractivity contribution >= 4 is 6.16 Å². The molecule has 5 heteroatoms. The number of carboxylic acid groups (broad SMARTS) is 2. The zero-order chi connectivity index (χ0) is 59.2. The molecule has 0 unspecified atom stereocenters. The first kappa shape index (κ1) is 83.4. The van der Waals surface area contributed by atoms with Crippen LogP contribution in [0.1, 0.15) is 465 Å². The largest absolute Gasteiger partial charge is 0.652 e. The second-order valence-corrected chi connectivity index (χ2v) is 26.8. The highest BCUT2D eigenvalue weighted by Gasteiger charge is 2.28. The molecule has 6 N–H and O–H groups in total. The maximum atomic E-state index is 8.33. The Morgan fingerprint density at radius 3 is 0.362 bits per heavy atom. The van der Waals surface area contributed by atoms with E-state index in [-0.39, 0.29) is 0 Å². The van der Waals surface area contributed by atoms with Crippen LogP contribution in [0.2, 0.25) is 0 Å². The van der Waals surface area contributed by atoms with E-state index in [4.69, 9.17) is 26.5 Å². The molecule has 0 bridgehead atoms. The van der Waals surface area contributed by atoms with Crippen LogP contribution in [0.5, 0.6) is 0 Å². The fraction of sp³-hybridized carbons (Fsp3) is 0.987. The lowest BCUT2D eigenvalue weighted by Crippen LogP contribution is -2.72. The van der Waals surface area contributed by atoms with Gasteiger partial charge in [0.25, 0.3) is 0 Å². The van der Waals surface area contributed by atoms with Gasteiger partial charge in [0.05, 0.1) is 11.1 Å². The molecular weight excluding hydrogens is 977 g/mol. The molecule has 0 saturated carbocycles. The Balaban J connectivity index is -0.00000139. The van der Waals surface area contributed by atoms with Crippen molar-refractivity contribution in [2.45, 2.75) is 476 Å². The van der Waals surface area contributed by atoms with Crippen LogP contribution in [0.3, 0.4) is 0 Å². The van der Waals surface area contributed by atoms with Gasteiger partial charge >= 0.3 is 0 Å². The van der Waals surface area contributed by atoms with Gasteiger partial charge in [-0.25, -0.2) is 0 Å². The molecule has 0 rings (SSSR count). The number of rotatable bonds is 66. The summed E-state index contributed by atoms with van der Waals surface area (Å²) in [6, 6.07) is 0. The predicted octanol–water partition coefficient (Wildman–Crippen LogP) is 23.4. The van der Waals surface area contributed by atoms with Gasteiger partial charge in [0.15, 0.2) is 0 Å². The van der Waals surface area contributed by atoms with Gasteiger partial charge in [-0.3, -0.25) is 0 Å². The van der Waals surface area contributed by atoms with Crippen molar-refractivity contribution in [3.05, 3.63) is 0 Å². The molecule has 0 aliphatic heterocycles. The van der Waals surface area contributed by atoms with Crippen LogP contribution in [0.4, 0.5) is 4.79 Å². The number of hydrogen-bond donors (Lipinski definition) is 2. The first-order valence-corrected chi connectivity index (χ1v) is 37.7. The molecule has 0 aromatic rings. The molecule has 0 aliphatic rings. The third-order valence-corrected chi connectivity index (χ3v) is 18.4. The van der Waals surface area contributed by atoms with Crippen molar-refractivity contribution in [1.82, 2.24) is 0 Å². The van der Waals surface area contributed by atoms with Crippen molar-refractivity contribution in [2.75, 3.05) is 0 Å². The molecule has 5 nitrogen and oxygen atoms in total. The summed E-state index contributed by atoms with van der Waals surface area (Å²) < 4.78 is 0. The Bertz CT molecular complexity index is 896. The molecule has 0 aromatic carbocycles. The van der Waals surface area contributed by atoms with Gasteiger partial charge in [-0.15, -0.1) is 0 Å². The van der Waals surface area contributed by atoms with E-state index in [2.05, 4.69) is 41.5 Å². The quantitative estimate of drug-likeness (QED) is 0.0591. The van der Waals surface area contributed by atoms with E-state index in [1.807, 2.05) is 0 Å². The van der Waals surface area contributed by atoms with Crippen molar-refractivity contribution in [3.8, 4) is 0 Å². The third kappa shape index (κ3) is 75.2. The third-order valence-electron chi connectivity index (χ3n) is 18.4. The van der Waals surface area contributed by atoms with Crippen LogP contribution in [0.15, 0.2) is 0 Å². The summed E-state index contributed by atoms with van der Waals surface area (Å²) in [6.07, 6.45) is 92.7. The minimum atomic E-state index is -2.33. The molecule has 80 heavy (non-hydrogen) atoms. The molecule has 0 aliphatic carbocycles. The minimum Gasteiger partial charge on any atom is -0.652 e. The van der Waals surface area contributed by atoms with Crippen LogP contribution in [0, 0.1) is 0 Å². The van der Waals surface area contributed by atoms with Crippen LogP contribution in [-0.4, -0.2) is 17.2 Å². The van der Waals surface area contributed by atoms with Gasteiger partial charge in [0.1, 0.15) is 0 Å². The highest BCUT2D eigenvalue weighted by atomic mass is 16.6. The predicted molar refractivity (Wildman–Crippen MR) is 355 cm³/mol. The Kier molecular flexibility index (Phi) is 75.5. The zero-order valence-electron chi connectivity index (χ0n) is 56.8. The summed E-state index contributed by atoms with van der Waals surface area (Å²) in [5.41, 5.74) is 10.5. The Morgan fingerprint density at radius 2 is 0.275 bits per heavy atom. The van der Waals surface area contributed by atoms with Gasteiger partial charge < -0.3 is 26.5 Å². The first-order valence-electron chi connectivity index (χ1n) is 37.7. The molecule has 0 radical (unpaired) electrons. The number of hydrogen-bond acceptors (Lipinski definition) is 3. The lowest BCUT2D eigenvalue weighted by molar-refractivity contribution is -0.484. The fourth-order valence-corrected chi connectivity index (χ4v) is 12.7. The average molecular weight is 1130 g/mol. The van der Waals surface area contributed by atoms with Crippen LogP contribution in [0.25, 0.3) is 0 Å². The van der Waals surface area contributed by atoms with E-state index < -0.39 is 6.16 Å². The lowest BCUT2D eigenvalue weighted by Gasteiger charge is -2.26. The SMILES string of the molecule is CCCCCCCCCCCCC([NH3+])(CCCCCCCCCCCC)CCCCCCCCCCCC.CCCCCCCCCCCCC([NH3+])(CCCCCCCCCCCC)CCCCCCCCCCCC.O=C([O-])[O-]. The van der Waals surface area contributed by atoms with E-state index in [1.165, 1.54) is 424 Å². The van der Waals surface area contributed by atoms with Crippen molar-refractivity contribution in [1.29, 1.82) is 0 Å². The summed E-state index contributed by atoms with van der Waals surface area (Å²) in [7, 11) is 0. The Hall–Kier alpha value is -0.810. The normalized spacial score (nSPS) is 11.7. The zero-order valence-corrected chi connectivity index (χ0v) is 56.8. The fourth-order valence-electron chi connectivity index (χ4n) is 12.7. The number of carbonyl (C=O) groups excluding carboxylic acids is 1. The minimum absolute atomic E-state index is 0.375. The van der Waals surface area contributed by atoms with Gasteiger partial charge in [-0.1, -0.05) is 388 Å². The summed E-state index contributed by atoms with van der Waals surface area (Å²) in [5, 5.41) is 16.7. The topological polar surface area (TPSA) is 118 Å². The maximum Gasteiger partial charge on any atom is 0.0945 e. The van der Waals surface area contributed by atoms with E-state index in [9.17, 15) is 0 Å². The molecule has 0 fully saturated rings. The molecular formula is C75H156N2O3. The Morgan fingerprint density at radius 1 is 0.200 bits per heavy atom. The van der Waals surface area contributed by atoms with E-state index in [1.54, 1.807) is 0 Å². The van der Waals surface area contributed by atoms with Crippen molar-refractivity contribution in [2.24, 2.45) is 0 Å². The molecule has 0 heterocycles. The standard InChI is InChI=1S/2C37H77N.CH2O3/c2*1-4-7-10-13-16-19-22-25-28-31-34-37(38,35-32-29-26-23-20-17-14-11-8-5-2)36-33-30-27-24-21-18-15-12-9-6-3;2-1(3)4/h2*4-36,38H2,1-3H3;(H2,2,3,4). The van der Waals surface area contributed by atoms with E-state index >= 15 is 0 Å². The summed E-state index contributed by atoms with van der Waals surface area (Å²) in [5.74, 6) is 0. The van der Waals surface area contributed by atoms with Gasteiger partial charge in [-0.2, -0.15) is 0 Å². The molecule has 0 spiro atoms. The van der Waals surface area contributed by atoms with Gasteiger partial charge in [-0.05, 0) is 44.7 Å². The number of carbonyl (C=O) groups is 1. The van der Waals surface area contributed by atoms with Crippen LogP contribution < -0.4 is 21.7 Å². The second-order valence-electron chi connectivity index (χ2n) is 26.8. The molecule has 0 saturated heterocycles. The smallest absolute Gasteiger partial charge is 0.0945 e. The van der Waals surface area contributed by atoms with Crippen LogP contribution in [-0.2, 0) is 0 Å². The number of quaternary nitrogens is 2. The van der Waals surface area contributed by atoms with Crippen molar-refractivity contribution in [3.63, 3.8) is 0 Å². The monoisotopic (exact) mass is 1130 g/mol. The molecule has 0 atom stereocenters. The first-order chi connectivity index (χ1) is 39.1. The lowest BCUT2D eigenvalue weighted by atomic mass is 9.82. The molecule has 0 amide bonds. The molecule has 484 valence electrons. The summed E-state index contributed by atoms with van der Waals surface area (Å²) in [6.45, 7) is 13.9. The summed E-state index contributed by atoms with van der Waals surface area (Å²) in [4.78, 5) is 8.33. The highest BCUT2D eigenvalue weighted by molar-refractivity contribution is 5.47. The van der Waals surface area contributed by atoms with Crippen LogP contribution >= 0.6 is 0 Å². The summed E-state index contributed by atoms with van der Waals surface area (Å²) >= 11 is 0. The van der Waals surface area contributed by atoms with E-state index in [0.717, 1.165) is 0 Å². The average Bonchev–Trinajstić information content (AvgIpc) is 3.44. The second kappa shape index (κ2) is 72.4. The van der Waals surface area contributed by atoms with Crippen molar-refractivity contribution < 1.29 is 26.5 Å². The highest BCUT2D eigenvalue weighted by Crippen LogP contribution is 2.28. The van der Waals surface area contributed by atoms with E-state index in [0.29, 0.717) is 11.1 Å².